The number of rotatable bonds is 2. The standard InChI is InChI=1S/C12H17BrN2.C2H6/c1-8-5-10(13)6-11-9(7-14-2)3-4-15-12(8)11;1-2/h5-6,9,14-15H,3-4,7H2,1-2H3;1-2H3. The van der Waals surface area contributed by atoms with Crippen molar-refractivity contribution in [2.45, 2.75) is 33.1 Å². The van der Waals surface area contributed by atoms with Gasteiger partial charge in [0.05, 0.1) is 0 Å². The van der Waals surface area contributed by atoms with Crippen LogP contribution in [0.15, 0.2) is 16.6 Å². The van der Waals surface area contributed by atoms with Crippen molar-refractivity contribution in [2.75, 3.05) is 25.5 Å². The summed E-state index contributed by atoms with van der Waals surface area (Å²) >= 11 is 3.57. The molecule has 0 saturated heterocycles. The molecule has 0 aliphatic carbocycles. The summed E-state index contributed by atoms with van der Waals surface area (Å²) in [5.74, 6) is 0.641. The molecule has 0 fully saturated rings. The Morgan fingerprint density at radius 3 is 2.76 bits per heavy atom. The maximum atomic E-state index is 3.57. The van der Waals surface area contributed by atoms with Gasteiger partial charge in [-0.15, -0.1) is 0 Å². The lowest BCUT2D eigenvalue weighted by molar-refractivity contribution is 0.585. The first-order valence-corrected chi connectivity index (χ1v) is 7.20. The van der Waals surface area contributed by atoms with Crippen LogP contribution >= 0.6 is 15.9 Å². The number of likely N-dealkylation sites (N-methyl/N-ethyl adjacent to an activating group) is 1. The molecule has 1 heterocycles. The lowest BCUT2D eigenvalue weighted by Crippen LogP contribution is -2.25. The van der Waals surface area contributed by atoms with Gasteiger partial charge in [0.2, 0.25) is 0 Å². The maximum absolute atomic E-state index is 3.57. The Morgan fingerprint density at radius 2 is 2.12 bits per heavy atom. The van der Waals surface area contributed by atoms with Crippen molar-refractivity contribution >= 4 is 21.6 Å². The largest absolute Gasteiger partial charge is 0.385 e. The van der Waals surface area contributed by atoms with E-state index >= 15 is 0 Å². The summed E-state index contributed by atoms with van der Waals surface area (Å²) in [6, 6.07) is 4.42. The van der Waals surface area contributed by atoms with Crippen LogP contribution in [0.2, 0.25) is 0 Å². The van der Waals surface area contributed by atoms with Gasteiger partial charge >= 0.3 is 0 Å². The van der Waals surface area contributed by atoms with E-state index in [2.05, 4.69) is 45.6 Å². The Hall–Kier alpha value is -0.540. The summed E-state index contributed by atoms with van der Waals surface area (Å²) in [5.41, 5.74) is 4.12. The van der Waals surface area contributed by atoms with Crippen molar-refractivity contribution in [1.29, 1.82) is 0 Å². The van der Waals surface area contributed by atoms with Crippen LogP contribution in [0.1, 0.15) is 37.3 Å². The minimum absolute atomic E-state index is 0.641. The SMILES string of the molecule is CC.CNCC1CCNc2c(C)cc(Br)cc21. The van der Waals surface area contributed by atoms with Crippen molar-refractivity contribution in [1.82, 2.24) is 5.32 Å². The van der Waals surface area contributed by atoms with Crippen LogP contribution in [0.3, 0.4) is 0 Å². The fourth-order valence-electron chi connectivity index (χ4n) is 2.32. The smallest absolute Gasteiger partial charge is 0.0406 e. The van der Waals surface area contributed by atoms with E-state index in [4.69, 9.17) is 0 Å². The number of nitrogens with one attached hydrogen (secondary N) is 2. The molecule has 0 saturated carbocycles. The molecular weight excluding hydrogens is 276 g/mol. The van der Waals surface area contributed by atoms with Gasteiger partial charge in [0.25, 0.3) is 0 Å². The van der Waals surface area contributed by atoms with Gasteiger partial charge in [-0.1, -0.05) is 29.8 Å². The molecule has 0 bridgehead atoms. The van der Waals surface area contributed by atoms with Crippen molar-refractivity contribution in [3.8, 4) is 0 Å². The molecule has 2 N–H and O–H groups in total. The molecule has 0 spiro atoms. The van der Waals surface area contributed by atoms with E-state index in [0.717, 1.165) is 13.1 Å². The second kappa shape index (κ2) is 7.02. The van der Waals surface area contributed by atoms with Crippen LogP contribution in [-0.4, -0.2) is 20.1 Å². The van der Waals surface area contributed by atoms with E-state index in [-0.39, 0.29) is 0 Å². The molecule has 1 aromatic rings. The first-order chi connectivity index (χ1) is 8.22. The Balaban J connectivity index is 0.000000686. The van der Waals surface area contributed by atoms with Crippen LogP contribution in [0.25, 0.3) is 0 Å². The normalized spacial score (nSPS) is 17.6. The highest BCUT2D eigenvalue weighted by molar-refractivity contribution is 9.10. The molecule has 2 nitrogen and oxygen atoms in total. The van der Waals surface area contributed by atoms with E-state index in [9.17, 15) is 0 Å². The fourth-order valence-corrected chi connectivity index (χ4v) is 2.91. The number of benzene rings is 1. The first-order valence-electron chi connectivity index (χ1n) is 6.41. The predicted molar refractivity (Wildman–Crippen MR) is 80.0 cm³/mol. The lowest BCUT2D eigenvalue weighted by atomic mass is 9.89. The van der Waals surface area contributed by atoms with E-state index < -0.39 is 0 Å². The average molecular weight is 299 g/mol. The van der Waals surface area contributed by atoms with Crippen LogP contribution < -0.4 is 10.6 Å². The number of anilines is 1. The Labute approximate surface area is 113 Å². The molecule has 1 aliphatic heterocycles. The highest BCUT2D eigenvalue weighted by atomic mass is 79.9. The zero-order valence-electron chi connectivity index (χ0n) is 11.2. The molecule has 3 heteroatoms. The molecule has 1 unspecified atom stereocenters. The number of fused-ring (bicyclic) bond motifs is 1. The van der Waals surface area contributed by atoms with Crippen LogP contribution in [0.4, 0.5) is 5.69 Å². The minimum atomic E-state index is 0.641. The summed E-state index contributed by atoms with van der Waals surface area (Å²) < 4.78 is 1.18. The molecule has 1 atom stereocenters. The second-order valence-corrected chi connectivity index (χ2v) is 5.07. The minimum Gasteiger partial charge on any atom is -0.385 e. The van der Waals surface area contributed by atoms with E-state index in [1.54, 1.807) is 0 Å². The predicted octanol–water partition coefficient (Wildman–Crippen LogP) is 3.90. The molecule has 0 aromatic heterocycles. The third-order valence-corrected chi connectivity index (χ3v) is 3.47. The number of hydrogen-bond donors (Lipinski definition) is 2. The molecule has 17 heavy (non-hydrogen) atoms. The lowest BCUT2D eigenvalue weighted by Gasteiger charge is -2.28. The summed E-state index contributed by atoms with van der Waals surface area (Å²) in [6.45, 7) is 8.31. The summed E-state index contributed by atoms with van der Waals surface area (Å²) in [6.07, 6.45) is 1.21. The zero-order valence-corrected chi connectivity index (χ0v) is 12.8. The van der Waals surface area contributed by atoms with Gasteiger partial charge in [0.15, 0.2) is 0 Å². The van der Waals surface area contributed by atoms with Crippen LogP contribution in [0, 0.1) is 6.92 Å². The third kappa shape index (κ3) is 3.46. The number of halogens is 1. The van der Waals surface area contributed by atoms with Crippen molar-refractivity contribution in [3.63, 3.8) is 0 Å². The Morgan fingerprint density at radius 1 is 1.41 bits per heavy atom. The number of hydrogen-bond acceptors (Lipinski definition) is 2. The molecule has 1 aromatic carbocycles. The molecule has 1 aliphatic rings. The van der Waals surface area contributed by atoms with Gasteiger partial charge in [-0.2, -0.15) is 0 Å². The topological polar surface area (TPSA) is 24.1 Å². The Kier molecular flexibility index (Phi) is 6.00. The van der Waals surface area contributed by atoms with Gasteiger partial charge < -0.3 is 10.6 Å². The van der Waals surface area contributed by atoms with Gasteiger partial charge in [-0.05, 0) is 43.7 Å². The maximum Gasteiger partial charge on any atom is 0.0406 e. The zero-order chi connectivity index (χ0) is 12.8. The molecule has 0 radical (unpaired) electrons. The highest BCUT2D eigenvalue weighted by Crippen LogP contribution is 2.35. The average Bonchev–Trinajstić information content (AvgIpc) is 2.33. The molecule has 2 rings (SSSR count). The first kappa shape index (κ1) is 14.5. The van der Waals surface area contributed by atoms with Gasteiger partial charge in [0.1, 0.15) is 0 Å². The van der Waals surface area contributed by atoms with Gasteiger partial charge in [-0.3, -0.25) is 0 Å². The van der Waals surface area contributed by atoms with E-state index in [1.165, 1.54) is 27.7 Å². The van der Waals surface area contributed by atoms with Gasteiger partial charge in [0, 0.05) is 29.2 Å². The summed E-state index contributed by atoms with van der Waals surface area (Å²) in [7, 11) is 2.02. The van der Waals surface area contributed by atoms with Gasteiger partial charge in [-0.25, -0.2) is 0 Å². The van der Waals surface area contributed by atoms with Crippen LogP contribution in [0.5, 0.6) is 0 Å². The quantitative estimate of drug-likeness (QED) is 0.865. The number of aryl methyl sites for hydroxylation is 1. The molecular formula is C14H23BrN2. The summed E-state index contributed by atoms with van der Waals surface area (Å²) in [5, 5.41) is 6.77. The van der Waals surface area contributed by atoms with Crippen molar-refractivity contribution in [2.24, 2.45) is 0 Å². The molecule has 0 amide bonds. The second-order valence-electron chi connectivity index (χ2n) is 4.16. The highest BCUT2D eigenvalue weighted by Gasteiger charge is 2.20. The summed E-state index contributed by atoms with van der Waals surface area (Å²) in [4.78, 5) is 0. The van der Waals surface area contributed by atoms with E-state index in [1.807, 2.05) is 20.9 Å². The Bertz CT molecular complexity index is 363. The molecule has 96 valence electrons. The third-order valence-electron chi connectivity index (χ3n) is 3.02. The van der Waals surface area contributed by atoms with E-state index in [0.29, 0.717) is 5.92 Å². The van der Waals surface area contributed by atoms with Crippen molar-refractivity contribution in [3.05, 3.63) is 27.7 Å². The van der Waals surface area contributed by atoms with Crippen LogP contribution in [-0.2, 0) is 0 Å². The fraction of sp³-hybridized carbons (Fsp3) is 0.571. The monoisotopic (exact) mass is 298 g/mol. The van der Waals surface area contributed by atoms with Crippen molar-refractivity contribution < 1.29 is 0 Å².